The van der Waals surface area contributed by atoms with Gasteiger partial charge in [-0.2, -0.15) is 0 Å². The van der Waals surface area contributed by atoms with Gasteiger partial charge in [0.2, 0.25) is 6.10 Å². The number of hydrogen-bond acceptors (Lipinski definition) is 4. The zero-order chi connectivity index (χ0) is 11.5. The van der Waals surface area contributed by atoms with Gasteiger partial charge >= 0.3 is 5.97 Å². The highest BCUT2D eigenvalue weighted by Gasteiger charge is 2.27. The third kappa shape index (κ3) is 1.98. The number of carbonyl (C=O) groups is 1. The first-order valence-corrected chi connectivity index (χ1v) is 5.39. The van der Waals surface area contributed by atoms with Crippen LogP contribution in [0.3, 0.4) is 0 Å². The van der Waals surface area contributed by atoms with E-state index in [4.69, 9.17) is 9.47 Å². The molecule has 1 heterocycles. The van der Waals surface area contributed by atoms with Crippen molar-refractivity contribution in [2.75, 3.05) is 18.5 Å². The summed E-state index contributed by atoms with van der Waals surface area (Å²) in [6.07, 6.45) is -0.548. The molecule has 4 nitrogen and oxygen atoms in total. The summed E-state index contributed by atoms with van der Waals surface area (Å²) >= 11 is 0. The normalized spacial score (nSPS) is 17.9. The second kappa shape index (κ2) is 4.47. The predicted molar refractivity (Wildman–Crippen MR) is 64.2 cm³/mol. The molecule has 0 radical (unpaired) electrons. The first-order valence-electron chi connectivity index (χ1n) is 5.39. The van der Waals surface area contributed by atoms with Gasteiger partial charge in [0.15, 0.2) is 0 Å². The van der Waals surface area contributed by atoms with Gasteiger partial charge < -0.3 is 14.8 Å². The maximum absolute atomic E-state index is 11.5. The van der Waals surface area contributed by atoms with Gasteiger partial charge in [-0.05, 0) is 18.5 Å². The van der Waals surface area contributed by atoms with Crippen molar-refractivity contribution in [3.63, 3.8) is 0 Å². The Bertz CT molecular complexity index is 408. The van der Waals surface area contributed by atoms with E-state index < -0.39 is 6.10 Å². The first kappa shape index (κ1) is 10.9. The van der Waals surface area contributed by atoms with Crippen molar-refractivity contribution >= 4 is 25.0 Å². The van der Waals surface area contributed by atoms with Crippen LogP contribution in [-0.4, -0.2) is 33.1 Å². The van der Waals surface area contributed by atoms with Crippen LogP contribution in [0.5, 0.6) is 5.75 Å². The summed E-state index contributed by atoms with van der Waals surface area (Å²) in [5.41, 5.74) is 1.94. The summed E-state index contributed by atoms with van der Waals surface area (Å²) in [6, 6.07) is 5.84. The maximum atomic E-state index is 11.5. The quantitative estimate of drug-likeness (QED) is 0.547. The zero-order valence-corrected chi connectivity index (χ0v) is 9.45. The molecule has 1 unspecified atom stereocenters. The molecule has 0 fully saturated rings. The van der Waals surface area contributed by atoms with Gasteiger partial charge in [0.05, 0.1) is 18.8 Å². The summed E-state index contributed by atoms with van der Waals surface area (Å²) < 4.78 is 10.6. The van der Waals surface area contributed by atoms with E-state index in [1.807, 2.05) is 26.0 Å². The van der Waals surface area contributed by atoms with Gasteiger partial charge in [-0.1, -0.05) is 12.1 Å². The van der Waals surface area contributed by atoms with Crippen LogP contribution in [-0.2, 0) is 9.53 Å². The van der Waals surface area contributed by atoms with Crippen molar-refractivity contribution in [3.8, 4) is 5.75 Å². The molecule has 0 aromatic heterocycles. The minimum Gasteiger partial charge on any atom is -0.475 e. The van der Waals surface area contributed by atoms with Crippen LogP contribution in [0.25, 0.3) is 0 Å². The molecule has 0 bridgehead atoms. The SMILES string of the molecule is Bc1cccc2c1OC(C(=O)OCC)CN2. The van der Waals surface area contributed by atoms with Crippen LogP contribution in [0, 0.1) is 0 Å². The van der Waals surface area contributed by atoms with Gasteiger partial charge in [0.1, 0.15) is 13.6 Å². The third-order valence-corrected chi connectivity index (χ3v) is 2.50. The Morgan fingerprint density at radius 1 is 1.69 bits per heavy atom. The number of fused-ring (bicyclic) bond motifs is 1. The molecule has 2 rings (SSSR count). The highest BCUT2D eigenvalue weighted by molar-refractivity contribution is 6.35. The Labute approximate surface area is 95.3 Å². The molecule has 1 atom stereocenters. The van der Waals surface area contributed by atoms with E-state index in [0.717, 1.165) is 16.9 Å². The standard InChI is InChI=1S/C11H14BNO3/c1-2-15-11(14)9-6-13-8-5-3-4-7(12)10(8)16-9/h3-5,9,13H,2,6,12H2,1H3. The molecule has 84 valence electrons. The van der Waals surface area contributed by atoms with Crippen molar-refractivity contribution in [2.24, 2.45) is 0 Å². The molecule has 5 heteroatoms. The van der Waals surface area contributed by atoms with Crippen molar-refractivity contribution in [1.82, 2.24) is 0 Å². The first-order chi connectivity index (χ1) is 7.72. The molecule has 1 aromatic rings. The molecule has 0 amide bonds. The lowest BCUT2D eigenvalue weighted by molar-refractivity contribution is -0.150. The number of para-hydroxylation sites is 1. The van der Waals surface area contributed by atoms with Gasteiger partial charge in [-0.15, -0.1) is 0 Å². The summed E-state index contributed by atoms with van der Waals surface area (Å²) in [6.45, 7) is 2.61. The molecule has 1 aliphatic rings. The van der Waals surface area contributed by atoms with Crippen molar-refractivity contribution in [1.29, 1.82) is 0 Å². The van der Waals surface area contributed by atoms with Gasteiger partial charge in [0.25, 0.3) is 0 Å². The number of carbonyl (C=O) groups excluding carboxylic acids is 1. The highest BCUT2D eigenvalue weighted by Crippen LogP contribution is 2.26. The van der Waals surface area contributed by atoms with E-state index in [1.54, 1.807) is 6.92 Å². The average Bonchev–Trinajstić information content (AvgIpc) is 2.29. The lowest BCUT2D eigenvalue weighted by Crippen LogP contribution is -2.40. The summed E-state index contributed by atoms with van der Waals surface area (Å²) in [5, 5.41) is 3.17. The number of ether oxygens (including phenoxy) is 2. The largest absolute Gasteiger partial charge is 0.475 e. The summed E-state index contributed by atoms with van der Waals surface area (Å²) in [4.78, 5) is 11.5. The number of nitrogens with one attached hydrogen (secondary N) is 1. The summed E-state index contributed by atoms with van der Waals surface area (Å²) in [7, 11) is 1.95. The minimum atomic E-state index is -0.548. The smallest absolute Gasteiger partial charge is 0.349 e. The minimum absolute atomic E-state index is 0.316. The van der Waals surface area contributed by atoms with E-state index in [2.05, 4.69) is 5.32 Å². The molecule has 0 saturated heterocycles. The van der Waals surface area contributed by atoms with Crippen LogP contribution in [0.1, 0.15) is 6.92 Å². The van der Waals surface area contributed by atoms with Crippen LogP contribution >= 0.6 is 0 Å². The van der Waals surface area contributed by atoms with Gasteiger partial charge in [-0.3, -0.25) is 0 Å². The molecular weight excluding hydrogens is 205 g/mol. The van der Waals surface area contributed by atoms with Gasteiger partial charge in [-0.25, -0.2) is 4.79 Å². The zero-order valence-electron chi connectivity index (χ0n) is 9.45. The molecule has 0 spiro atoms. The Hall–Kier alpha value is -1.65. The third-order valence-electron chi connectivity index (χ3n) is 2.50. The predicted octanol–water partition coefficient (Wildman–Crippen LogP) is -0.319. The molecule has 0 aliphatic carbocycles. The highest BCUT2D eigenvalue weighted by atomic mass is 16.6. The second-order valence-corrected chi connectivity index (χ2v) is 3.69. The Morgan fingerprint density at radius 2 is 2.50 bits per heavy atom. The molecule has 1 N–H and O–H groups in total. The van der Waals surface area contributed by atoms with E-state index in [1.165, 1.54) is 0 Å². The molecule has 0 saturated carbocycles. The lowest BCUT2D eigenvalue weighted by atomic mass is 9.93. The monoisotopic (exact) mass is 219 g/mol. The Morgan fingerprint density at radius 3 is 3.25 bits per heavy atom. The fraction of sp³-hybridized carbons (Fsp3) is 0.364. The van der Waals surface area contributed by atoms with Crippen molar-refractivity contribution in [3.05, 3.63) is 18.2 Å². The topological polar surface area (TPSA) is 47.6 Å². The summed E-state index contributed by atoms with van der Waals surface area (Å²) in [5.74, 6) is 0.427. The Kier molecular flexibility index (Phi) is 3.03. The van der Waals surface area contributed by atoms with Crippen molar-refractivity contribution in [2.45, 2.75) is 13.0 Å². The van der Waals surface area contributed by atoms with E-state index >= 15 is 0 Å². The number of hydrogen-bond donors (Lipinski definition) is 1. The number of rotatable bonds is 2. The van der Waals surface area contributed by atoms with Crippen LogP contribution < -0.4 is 15.5 Å². The molecular formula is C11H14BNO3. The molecule has 16 heavy (non-hydrogen) atoms. The second-order valence-electron chi connectivity index (χ2n) is 3.69. The lowest BCUT2D eigenvalue weighted by Gasteiger charge is -2.27. The van der Waals surface area contributed by atoms with E-state index in [9.17, 15) is 4.79 Å². The Balaban J connectivity index is 2.17. The molecule has 1 aliphatic heterocycles. The number of anilines is 1. The fourth-order valence-electron chi connectivity index (χ4n) is 1.70. The fourth-order valence-corrected chi connectivity index (χ4v) is 1.70. The van der Waals surface area contributed by atoms with Crippen LogP contribution in [0.2, 0.25) is 0 Å². The van der Waals surface area contributed by atoms with E-state index in [-0.39, 0.29) is 5.97 Å². The van der Waals surface area contributed by atoms with Gasteiger partial charge in [0, 0.05) is 0 Å². The average molecular weight is 219 g/mol. The maximum Gasteiger partial charge on any atom is 0.349 e. The number of esters is 1. The molecule has 1 aromatic carbocycles. The van der Waals surface area contributed by atoms with Crippen LogP contribution in [0.4, 0.5) is 5.69 Å². The van der Waals surface area contributed by atoms with E-state index in [0.29, 0.717) is 13.2 Å². The number of benzene rings is 1. The van der Waals surface area contributed by atoms with Crippen LogP contribution in [0.15, 0.2) is 18.2 Å². The van der Waals surface area contributed by atoms with Crippen molar-refractivity contribution < 1.29 is 14.3 Å².